The van der Waals surface area contributed by atoms with Gasteiger partial charge in [0, 0.05) is 25.7 Å². The van der Waals surface area contributed by atoms with E-state index >= 15 is 8.78 Å². The van der Waals surface area contributed by atoms with Crippen molar-refractivity contribution < 1.29 is 23.4 Å². The summed E-state index contributed by atoms with van der Waals surface area (Å²) in [7, 11) is 0. The van der Waals surface area contributed by atoms with Crippen LogP contribution in [0.4, 0.5) is 19.3 Å². The Morgan fingerprint density at radius 2 is 1.91 bits per heavy atom. The number of likely N-dealkylation sites (N-methyl/N-ethyl adjacent to an activating group) is 1. The van der Waals surface area contributed by atoms with E-state index in [1.165, 1.54) is 10.8 Å². The highest BCUT2D eigenvalue weighted by atomic mass is 19.1. The first-order valence-corrected chi connectivity index (χ1v) is 11.4. The maximum Gasteiger partial charge on any atom is 0.511 e. The fraction of sp³-hybridized carbons (Fsp3) is 0.360. The predicted octanol–water partition coefficient (Wildman–Crippen LogP) is 4.55. The van der Waals surface area contributed by atoms with E-state index in [1.54, 1.807) is 4.90 Å². The van der Waals surface area contributed by atoms with E-state index < -0.39 is 29.0 Å². The maximum atomic E-state index is 16.0. The van der Waals surface area contributed by atoms with Crippen LogP contribution in [0.3, 0.4) is 0 Å². The summed E-state index contributed by atoms with van der Waals surface area (Å²) in [5.41, 5.74) is 0.0401. The molecule has 5 rings (SSSR count). The number of piperazine rings is 1. The van der Waals surface area contributed by atoms with E-state index in [1.807, 2.05) is 30.3 Å². The summed E-state index contributed by atoms with van der Waals surface area (Å²) < 4.78 is 37.6. The Hall–Kier alpha value is -3.46. The molecule has 178 valence electrons. The van der Waals surface area contributed by atoms with Gasteiger partial charge in [-0.05, 0) is 31.0 Å². The molecule has 1 atom stereocenters. The third-order valence-corrected chi connectivity index (χ3v) is 6.69. The lowest BCUT2D eigenvalue weighted by atomic mass is 10.0. The molecule has 0 spiro atoms. The first kappa shape index (κ1) is 22.3. The Kier molecular flexibility index (Phi) is 5.73. The molecular formula is C25H25F2N3O4. The van der Waals surface area contributed by atoms with Gasteiger partial charge >= 0.3 is 6.16 Å². The molecule has 7 nitrogen and oxygen atoms in total. The molecule has 1 N–H and O–H groups in total. The highest BCUT2D eigenvalue weighted by Gasteiger charge is 2.33. The smallest absolute Gasteiger partial charge is 0.449 e. The van der Waals surface area contributed by atoms with Crippen molar-refractivity contribution in [1.29, 1.82) is 0 Å². The lowest BCUT2D eigenvalue weighted by Crippen LogP contribution is -2.49. The Bertz CT molecular complexity index is 1310. The Labute approximate surface area is 194 Å². The van der Waals surface area contributed by atoms with Gasteiger partial charge in [-0.15, -0.1) is 0 Å². The minimum Gasteiger partial charge on any atom is -0.449 e. The number of anilines is 1. The van der Waals surface area contributed by atoms with E-state index in [2.05, 4.69) is 16.6 Å². The van der Waals surface area contributed by atoms with Gasteiger partial charge in [0.05, 0.1) is 23.1 Å². The molecule has 1 saturated carbocycles. The number of nitrogens with zero attached hydrogens (tertiary/aromatic N) is 3. The molecule has 0 bridgehead atoms. The summed E-state index contributed by atoms with van der Waals surface area (Å²) >= 11 is 0. The number of carboxylic acid groups (broad SMARTS) is 1. The summed E-state index contributed by atoms with van der Waals surface area (Å²) in [6, 6.07) is 10.7. The largest absolute Gasteiger partial charge is 0.511 e. The summed E-state index contributed by atoms with van der Waals surface area (Å²) in [6.45, 7) is 4.33. The first-order valence-electron chi connectivity index (χ1n) is 11.4. The van der Waals surface area contributed by atoms with Gasteiger partial charge < -0.3 is 19.3 Å². The molecule has 2 heterocycles. The zero-order valence-corrected chi connectivity index (χ0v) is 18.7. The lowest BCUT2D eigenvalue weighted by molar-refractivity contribution is 0.143. The molecule has 34 heavy (non-hydrogen) atoms. The van der Waals surface area contributed by atoms with Gasteiger partial charge in [-0.2, -0.15) is 0 Å². The van der Waals surface area contributed by atoms with Crippen molar-refractivity contribution in [3.8, 4) is 5.75 Å². The van der Waals surface area contributed by atoms with Crippen LogP contribution in [0.15, 0.2) is 47.4 Å². The van der Waals surface area contributed by atoms with Gasteiger partial charge in [0.25, 0.3) is 0 Å². The minimum atomic E-state index is -1.66. The molecule has 1 aliphatic carbocycles. The molecule has 1 unspecified atom stereocenters. The number of aromatic nitrogens is 1. The van der Waals surface area contributed by atoms with Crippen LogP contribution in [0.2, 0.25) is 0 Å². The number of pyridine rings is 1. The van der Waals surface area contributed by atoms with E-state index in [-0.39, 0.29) is 28.7 Å². The molecule has 2 fully saturated rings. The van der Waals surface area contributed by atoms with Crippen LogP contribution in [0.25, 0.3) is 10.9 Å². The van der Waals surface area contributed by atoms with Gasteiger partial charge in [-0.3, -0.25) is 9.69 Å². The van der Waals surface area contributed by atoms with Gasteiger partial charge in [0.2, 0.25) is 5.43 Å². The second-order valence-corrected chi connectivity index (χ2v) is 8.75. The lowest BCUT2D eigenvalue weighted by Gasteiger charge is -2.42. The molecule has 2 aromatic carbocycles. The summed E-state index contributed by atoms with van der Waals surface area (Å²) in [6.07, 6.45) is 1.07. The van der Waals surface area contributed by atoms with Crippen molar-refractivity contribution in [3.63, 3.8) is 0 Å². The van der Waals surface area contributed by atoms with Gasteiger partial charge in [0.15, 0.2) is 11.6 Å². The monoisotopic (exact) mass is 469 g/mol. The van der Waals surface area contributed by atoms with Crippen molar-refractivity contribution in [1.82, 2.24) is 9.47 Å². The van der Waals surface area contributed by atoms with Gasteiger partial charge in [-0.1, -0.05) is 37.3 Å². The van der Waals surface area contributed by atoms with E-state index in [0.717, 1.165) is 31.0 Å². The molecule has 1 aliphatic heterocycles. The maximum absolute atomic E-state index is 16.0. The molecule has 9 heteroatoms. The van der Waals surface area contributed by atoms with Crippen LogP contribution in [-0.2, 0) is 0 Å². The van der Waals surface area contributed by atoms with Gasteiger partial charge in [0.1, 0.15) is 11.5 Å². The quantitative estimate of drug-likeness (QED) is 0.553. The summed E-state index contributed by atoms with van der Waals surface area (Å²) in [5, 5.41) is 8.74. The Morgan fingerprint density at radius 1 is 1.18 bits per heavy atom. The Balaban J connectivity index is 1.62. The third-order valence-electron chi connectivity index (χ3n) is 6.69. The highest BCUT2D eigenvalue weighted by molar-refractivity contribution is 5.86. The predicted molar refractivity (Wildman–Crippen MR) is 124 cm³/mol. The second kappa shape index (κ2) is 8.72. The van der Waals surface area contributed by atoms with Crippen molar-refractivity contribution in [3.05, 3.63) is 70.0 Å². The number of hydrogen-bond acceptors (Lipinski definition) is 5. The molecule has 0 amide bonds. The van der Waals surface area contributed by atoms with Crippen LogP contribution >= 0.6 is 0 Å². The highest BCUT2D eigenvalue weighted by Crippen LogP contribution is 2.41. The second-order valence-electron chi connectivity index (χ2n) is 8.75. The SMILES string of the molecule is CCN1CCN(c2c(F)cc3c(=O)c(OC(=O)O)cn(C4CC4)c3c2F)CC1c1ccccc1. The van der Waals surface area contributed by atoms with Crippen molar-refractivity contribution >= 4 is 22.7 Å². The normalized spacial score (nSPS) is 18.9. The van der Waals surface area contributed by atoms with Crippen LogP contribution in [0.1, 0.15) is 37.4 Å². The van der Waals surface area contributed by atoms with Crippen LogP contribution in [0.5, 0.6) is 5.75 Å². The molecule has 0 radical (unpaired) electrons. The van der Waals surface area contributed by atoms with Gasteiger partial charge in [-0.25, -0.2) is 13.6 Å². The molecule has 1 saturated heterocycles. The standard InChI is InChI=1S/C25H25F2N3O4/c1-2-28-10-11-29(13-19(28)15-6-4-3-5-7-15)23-18(26)12-17-22(21(23)27)30(16-8-9-16)14-20(24(17)31)34-25(32)33/h3-7,12,14,16,19H,2,8-11,13H2,1H3,(H,32,33). The zero-order valence-electron chi connectivity index (χ0n) is 18.7. The van der Waals surface area contributed by atoms with Crippen molar-refractivity contribution in [2.24, 2.45) is 0 Å². The number of fused-ring (bicyclic) bond motifs is 1. The minimum absolute atomic E-state index is 0.0178. The van der Waals surface area contributed by atoms with Crippen LogP contribution < -0.4 is 15.1 Å². The fourth-order valence-corrected chi connectivity index (χ4v) is 4.90. The first-order chi connectivity index (χ1) is 16.4. The van der Waals surface area contributed by atoms with Crippen LogP contribution in [0, 0.1) is 11.6 Å². The van der Waals surface area contributed by atoms with Crippen LogP contribution in [-0.4, -0.2) is 46.9 Å². The molecular weight excluding hydrogens is 444 g/mol. The fourth-order valence-electron chi connectivity index (χ4n) is 4.90. The van der Waals surface area contributed by atoms with E-state index in [4.69, 9.17) is 5.11 Å². The average molecular weight is 469 g/mol. The van der Waals surface area contributed by atoms with E-state index in [0.29, 0.717) is 19.6 Å². The number of hydrogen-bond donors (Lipinski definition) is 1. The topological polar surface area (TPSA) is 75.0 Å². The number of halogens is 2. The van der Waals surface area contributed by atoms with Crippen molar-refractivity contribution in [2.45, 2.75) is 31.8 Å². The number of rotatable bonds is 5. The van der Waals surface area contributed by atoms with Crippen molar-refractivity contribution in [2.75, 3.05) is 31.1 Å². The summed E-state index contributed by atoms with van der Waals surface area (Å²) in [5.74, 6) is -2.12. The molecule has 3 aromatic rings. The summed E-state index contributed by atoms with van der Waals surface area (Å²) in [4.78, 5) is 27.8. The average Bonchev–Trinajstić information content (AvgIpc) is 3.67. The molecule has 1 aromatic heterocycles. The zero-order chi connectivity index (χ0) is 24.0. The number of benzene rings is 2. The molecule has 2 aliphatic rings. The third kappa shape index (κ3) is 3.90. The number of carbonyl (C=O) groups is 1. The van der Waals surface area contributed by atoms with E-state index in [9.17, 15) is 9.59 Å². The Morgan fingerprint density at radius 3 is 2.56 bits per heavy atom. The number of ether oxygens (including phenoxy) is 1.